The van der Waals surface area contributed by atoms with E-state index in [2.05, 4.69) is 17.1 Å². The normalized spacial score (nSPS) is 20.8. The molecule has 5 nitrogen and oxygen atoms in total. The Kier molecular flexibility index (Phi) is 5.07. The predicted octanol–water partition coefficient (Wildman–Crippen LogP) is 2.48. The SMILES string of the molecule is COc1cc(N)ccc1NC(=O)C(C)N1CCCCC1C. The highest BCUT2D eigenvalue weighted by atomic mass is 16.5. The first kappa shape index (κ1) is 15.6. The van der Waals surface area contributed by atoms with Crippen molar-refractivity contribution in [2.45, 2.75) is 45.2 Å². The van der Waals surface area contributed by atoms with E-state index in [-0.39, 0.29) is 11.9 Å². The summed E-state index contributed by atoms with van der Waals surface area (Å²) in [6.07, 6.45) is 3.56. The average molecular weight is 291 g/mol. The van der Waals surface area contributed by atoms with E-state index in [1.54, 1.807) is 25.3 Å². The van der Waals surface area contributed by atoms with Crippen LogP contribution in [-0.4, -0.2) is 36.5 Å². The number of hydrogen-bond donors (Lipinski definition) is 2. The third kappa shape index (κ3) is 3.67. The van der Waals surface area contributed by atoms with Gasteiger partial charge in [-0.2, -0.15) is 0 Å². The smallest absolute Gasteiger partial charge is 0.241 e. The molecule has 0 bridgehead atoms. The Bertz CT molecular complexity index is 504. The highest BCUT2D eigenvalue weighted by Crippen LogP contribution is 2.27. The van der Waals surface area contributed by atoms with Gasteiger partial charge in [-0.15, -0.1) is 0 Å². The molecule has 3 N–H and O–H groups in total. The molecule has 1 aliphatic heterocycles. The number of nitrogens with zero attached hydrogens (tertiary/aromatic N) is 1. The molecule has 0 spiro atoms. The zero-order valence-electron chi connectivity index (χ0n) is 13.1. The zero-order valence-corrected chi connectivity index (χ0v) is 13.1. The number of hydrogen-bond acceptors (Lipinski definition) is 4. The molecule has 116 valence electrons. The van der Waals surface area contributed by atoms with E-state index in [0.29, 0.717) is 23.2 Å². The van der Waals surface area contributed by atoms with Crippen LogP contribution in [0.25, 0.3) is 0 Å². The van der Waals surface area contributed by atoms with Gasteiger partial charge in [-0.25, -0.2) is 0 Å². The van der Waals surface area contributed by atoms with Crippen LogP contribution in [0.2, 0.25) is 0 Å². The van der Waals surface area contributed by atoms with E-state index < -0.39 is 0 Å². The molecule has 1 saturated heterocycles. The summed E-state index contributed by atoms with van der Waals surface area (Å²) in [4.78, 5) is 14.7. The summed E-state index contributed by atoms with van der Waals surface area (Å²) in [6, 6.07) is 5.55. The fraction of sp³-hybridized carbons (Fsp3) is 0.562. The lowest BCUT2D eigenvalue weighted by atomic mass is 10.0. The Morgan fingerprint density at radius 1 is 1.48 bits per heavy atom. The van der Waals surface area contributed by atoms with Crippen LogP contribution in [0.15, 0.2) is 18.2 Å². The van der Waals surface area contributed by atoms with Crippen molar-refractivity contribution in [3.8, 4) is 5.75 Å². The number of carbonyl (C=O) groups excluding carboxylic acids is 1. The molecular formula is C16H25N3O2. The van der Waals surface area contributed by atoms with E-state index in [9.17, 15) is 4.79 Å². The molecule has 1 amide bonds. The lowest BCUT2D eigenvalue weighted by molar-refractivity contribution is -0.122. The minimum Gasteiger partial charge on any atom is -0.494 e. The number of anilines is 2. The van der Waals surface area contributed by atoms with Gasteiger partial charge in [0, 0.05) is 17.8 Å². The van der Waals surface area contributed by atoms with Gasteiger partial charge in [0.2, 0.25) is 5.91 Å². The van der Waals surface area contributed by atoms with Crippen molar-refractivity contribution < 1.29 is 9.53 Å². The molecule has 1 fully saturated rings. The van der Waals surface area contributed by atoms with Crippen molar-refractivity contribution in [3.05, 3.63) is 18.2 Å². The minimum absolute atomic E-state index is 0.00757. The number of nitrogen functional groups attached to an aromatic ring is 1. The minimum atomic E-state index is -0.150. The number of rotatable bonds is 4. The first-order valence-corrected chi connectivity index (χ1v) is 7.53. The number of benzene rings is 1. The van der Waals surface area contributed by atoms with Crippen molar-refractivity contribution >= 4 is 17.3 Å². The van der Waals surface area contributed by atoms with Crippen molar-refractivity contribution in [1.29, 1.82) is 0 Å². The molecule has 1 aromatic rings. The number of carbonyl (C=O) groups is 1. The van der Waals surface area contributed by atoms with Crippen LogP contribution in [-0.2, 0) is 4.79 Å². The van der Waals surface area contributed by atoms with Gasteiger partial charge in [0.15, 0.2) is 0 Å². The Hall–Kier alpha value is -1.75. The van der Waals surface area contributed by atoms with Crippen LogP contribution in [0.4, 0.5) is 11.4 Å². The van der Waals surface area contributed by atoms with Crippen molar-refractivity contribution in [2.24, 2.45) is 0 Å². The summed E-state index contributed by atoms with van der Waals surface area (Å²) in [6.45, 7) is 5.13. The maximum absolute atomic E-state index is 12.5. The zero-order chi connectivity index (χ0) is 15.4. The van der Waals surface area contributed by atoms with Crippen LogP contribution < -0.4 is 15.8 Å². The molecule has 2 atom stereocenters. The van der Waals surface area contributed by atoms with Gasteiger partial charge in [-0.3, -0.25) is 9.69 Å². The van der Waals surface area contributed by atoms with Crippen molar-refractivity contribution in [1.82, 2.24) is 4.90 Å². The second kappa shape index (κ2) is 6.80. The highest BCUT2D eigenvalue weighted by molar-refractivity contribution is 5.96. The largest absolute Gasteiger partial charge is 0.494 e. The number of nitrogens with two attached hydrogens (primary N) is 1. The third-order valence-corrected chi connectivity index (χ3v) is 4.21. The monoisotopic (exact) mass is 291 g/mol. The van der Waals surface area contributed by atoms with Gasteiger partial charge in [-0.05, 0) is 45.4 Å². The lowest BCUT2D eigenvalue weighted by Gasteiger charge is -2.37. The summed E-state index contributed by atoms with van der Waals surface area (Å²) >= 11 is 0. The fourth-order valence-corrected chi connectivity index (χ4v) is 2.89. The summed E-state index contributed by atoms with van der Waals surface area (Å²) < 4.78 is 5.27. The van der Waals surface area contributed by atoms with Crippen molar-refractivity contribution in [3.63, 3.8) is 0 Å². The van der Waals surface area contributed by atoms with E-state index in [0.717, 1.165) is 19.4 Å². The number of methoxy groups -OCH3 is 1. The molecule has 1 aliphatic rings. The second-order valence-electron chi connectivity index (χ2n) is 5.71. The molecule has 5 heteroatoms. The van der Waals surface area contributed by atoms with E-state index in [1.807, 2.05) is 6.92 Å². The summed E-state index contributed by atoms with van der Waals surface area (Å²) in [5.41, 5.74) is 7.00. The molecule has 2 rings (SSSR count). The predicted molar refractivity (Wildman–Crippen MR) is 85.5 cm³/mol. The average Bonchev–Trinajstić information content (AvgIpc) is 2.48. The molecule has 1 heterocycles. The van der Waals surface area contributed by atoms with Gasteiger partial charge in [0.05, 0.1) is 18.8 Å². The highest BCUT2D eigenvalue weighted by Gasteiger charge is 2.28. The van der Waals surface area contributed by atoms with Gasteiger partial charge >= 0.3 is 0 Å². The van der Waals surface area contributed by atoms with Crippen LogP contribution in [0, 0.1) is 0 Å². The number of likely N-dealkylation sites (tertiary alicyclic amines) is 1. The molecule has 0 aliphatic carbocycles. The van der Waals surface area contributed by atoms with Gasteiger partial charge in [0.1, 0.15) is 5.75 Å². The molecule has 21 heavy (non-hydrogen) atoms. The fourth-order valence-electron chi connectivity index (χ4n) is 2.89. The Balaban J connectivity index is 2.06. The summed E-state index contributed by atoms with van der Waals surface area (Å²) in [7, 11) is 1.57. The first-order chi connectivity index (χ1) is 10.0. The summed E-state index contributed by atoms with van der Waals surface area (Å²) in [5, 5.41) is 2.95. The number of nitrogens with one attached hydrogen (secondary N) is 1. The van der Waals surface area contributed by atoms with Gasteiger partial charge in [-0.1, -0.05) is 6.42 Å². The molecule has 0 saturated carbocycles. The van der Waals surface area contributed by atoms with Gasteiger partial charge < -0.3 is 15.8 Å². The lowest BCUT2D eigenvalue weighted by Crippen LogP contribution is -2.48. The van der Waals surface area contributed by atoms with E-state index in [4.69, 9.17) is 10.5 Å². The van der Waals surface area contributed by atoms with Crippen molar-refractivity contribution in [2.75, 3.05) is 24.7 Å². The maximum atomic E-state index is 12.5. The van der Waals surface area contributed by atoms with Gasteiger partial charge in [0.25, 0.3) is 0 Å². The number of ether oxygens (including phenoxy) is 1. The third-order valence-electron chi connectivity index (χ3n) is 4.21. The van der Waals surface area contributed by atoms with Crippen LogP contribution in [0.5, 0.6) is 5.75 Å². The molecule has 0 radical (unpaired) electrons. The second-order valence-corrected chi connectivity index (χ2v) is 5.71. The number of piperidine rings is 1. The first-order valence-electron chi connectivity index (χ1n) is 7.53. The number of amides is 1. The Morgan fingerprint density at radius 3 is 2.90 bits per heavy atom. The quantitative estimate of drug-likeness (QED) is 0.836. The van der Waals surface area contributed by atoms with Crippen LogP contribution >= 0.6 is 0 Å². The maximum Gasteiger partial charge on any atom is 0.241 e. The van der Waals surface area contributed by atoms with Crippen LogP contribution in [0.3, 0.4) is 0 Å². The standard InChI is InChI=1S/C16H25N3O2/c1-11-6-4-5-9-19(11)12(2)16(20)18-14-8-7-13(17)10-15(14)21-3/h7-8,10-12H,4-6,9,17H2,1-3H3,(H,18,20). The molecular weight excluding hydrogens is 266 g/mol. The Labute approximate surface area is 126 Å². The Morgan fingerprint density at radius 2 is 2.24 bits per heavy atom. The van der Waals surface area contributed by atoms with E-state index in [1.165, 1.54) is 6.42 Å². The summed E-state index contributed by atoms with van der Waals surface area (Å²) in [5.74, 6) is 0.578. The molecule has 1 aromatic carbocycles. The topological polar surface area (TPSA) is 67.6 Å². The van der Waals surface area contributed by atoms with E-state index >= 15 is 0 Å². The molecule has 2 unspecified atom stereocenters. The molecule has 0 aromatic heterocycles. The van der Waals surface area contributed by atoms with Crippen LogP contribution in [0.1, 0.15) is 33.1 Å².